The van der Waals surface area contributed by atoms with Gasteiger partial charge >= 0.3 is 0 Å². The number of ether oxygens (including phenoxy) is 8. The molecule has 8 rings (SSSR count). The molecule has 364 valence electrons. The van der Waals surface area contributed by atoms with Crippen LogP contribution in [0.1, 0.15) is 77.9 Å². The van der Waals surface area contributed by atoms with Crippen molar-refractivity contribution >= 4 is 0 Å². The summed E-state index contributed by atoms with van der Waals surface area (Å²) in [5.41, 5.74) is 14.9. The monoisotopic (exact) mass is 948 g/mol. The Hall–Kier alpha value is -7.20. The van der Waals surface area contributed by atoms with E-state index >= 15 is 0 Å². The summed E-state index contributed by atoms with van der Waals surface area (Å²) in [6.07, 6.45) is 1.62. The molecule has 0 saturated heterocycles. The average Bonchev–Trinajstić information content (AvgIpc) is 3.38. The molecule has 0 bridgehead atoms. The van der Waals surface area contributed by atoms with Gasteiger partial charge in [-0.3, -0.25) is 0 Å². The Morgan fingerprint density at radius 2 is 0.535 bits per heavy atom. The number of aryl methyl sites for hydroxylation is 4. The lowest BCUT2D eigenvalue weighted by Gasteiger charge is -2.22. The summed E-state index contributed by atoms with van der Waals surface area (Å²) < 4.78 is 50.5. The van der Waals surface area contributed by atoms with E-state index in [4.69, 9.17) is 37.9 Å². The van der Waals surface area contributed by atoms with Crippen LogP contribution in [0.4, 0.5) is 0 Å². The Morgan fingerprint density at radius 3 is 0.845 bits per heavy atom. The van der Waals surface area contributed by atoms with Gasteiger partial charge in [0.2, 0.25) is 0 Å². The smallest absolute Gasteiger partial charge is 0.189 e. The largest absolute Gasteiger partial charge is 0.467 e. The average molecular weight is 949 g/mol. The van der Waals surface area contributed by atoms with E-state index in [0.717, 1.165) is 101 Å². The maximum Gasteiger partial charge on any atom is 0.189 e. The molecular weight excluding hydrogens is 885 g/mol. The zero-order valence-corrected chi connectivity index (χ0v) is 41.4. The Balaban J connectivity index is 1.10. The van der Waals surface area contributed by atoms with Crippen LogP contribution in [0.3, 0.4) is 0 Å². The molecule has 0 amide bonds. The van der Waals surface area contributed by atoms with Gasteiger partial charge in [-0.05, 0) is 95.5 Å². The Morgan fingerprint density at radius 1 is 0.268 bits per heavy atom. The van der Waals surface area contributed by atoms with E-state index in [0.29, 0.717) is 45.7 Å². The molecule has 0 unspecified atom stereocenters. The maximum atomic E-state index is 6.77. The quantitative estimate of drug-likeness (QED) is 0.0393. The number of benzene rings is 8. The van der Waals surface area contributed by atoms with E-state index in [2.05, 4.69) is 100 Å². The summed E-state index contributed by atoms with van der Waals surface area (Å²) >= 11 is 0. The van der Waals surface area contributed by atoms with Crippen LogP contribution >= 0.6 is 0 Å². The van der Waals surface area contributed by atoms with Crippen molar-refractivity contribution in [2.24, 2.45) is 0 Å². The number of hydrogen-bond donors (Lipinski definition) is 0. The molecule has 71 heavy (non-hydrogen) atoms. The van der Waals surface area contributed by atoms with Crippen LogP contribution in [-0.4, -0.2) is 27.2 Å². The highest BCUT2D eigenvalue weighted by atomic mass is 16.7. The first-order valence-electron chi connectivity index (χ1n) is 24.2. The van der Waals surface area contributed by atoms with Gasteiger partial charge < -0.3 is 37.9 Å². The Labute approximate surface area is 419 Å². The van der Waals surface area contributed by atoms with Crippen molar-refractivity contribution in [1.29, 1.82) is 0 Å². The van der Waals surface area contributed by atoms with Crippen molar-refractivity contribution in [3.05, 3.63) is 260 Å². The summed E-state index contributed by atoms with van der Waals surface area (Å²) in [5, 5.41) is 0. The third kappa shape index (κ3) is 15.4. The standard InChI is InChI=1S/C63H64O8/c1-46-25-27-60(68-42-64-38-50-17-9-5-10-18-50)54(29-46)35-56-31-48(3)33-58(62(56)70-44-66-40-52-21-13-7-14-22-52)37-59-34-49(4)32-57(63(59)71-45-67-41-53-23-15-8-16-24-53)36-55-30-47(2)26-28-61(55)69-43-65-39-51-19-11-6-12-20-51/h5-34H,35-45H2,1-4H3. The molecule has 0 fully saturated rings. The van der Waals surface area contributed by atoms with E-state index in [1.54, 1.807) is 0 Å². The topological polar surface area (TPSA) is 73.8 Å². The van der Waals surface area contributed by atoms with Gasteiger partial charge in [0.05, 0.1) is 26.4 Å². The van der Waals surface area contributed by atoms with Crippen molar-refractivity contribution in [3.63, 3.8) is 0 Å². The SMILES string of the molecule is Cc1ccc(OCOCc2ccccc2)c(Cc2cc(C)cc(Cc3cc(C)cc(Cc4cc(C)ccc4OCOCc4ccccc4)c3OCOCc3ccccc3)c2OCOCc2ccccc2)c1. The van der Waals surface area contributed by atoms with Crippen LogP contribution in [-0.2, 0) is 64.6 Å². The van der Waals surface area contributed by atoms with E-state index in [9.17, 15) is 0 Å². The molecule has 0 atom stereocenters. The van der Waals surface area contributed by atoms with Crippen LogP contribution in [0.5, 0.6) is 23.0 Å². The molecule has 8 nitrogen and oxygen atoms in total. The summed E-state index contributed by atoms with van der Waals surface area (Å²) in [4.78, 5) is 0. The minimum absolute atomic E-state index is 0.0589. The van der Waals surface area contributed by atoms with Gasteiger partial charge in [0.25, 0.3) is 0 Å². The van der Waals surface area contributed by atoms with E-state index in [1.165, 1.54) is 0 Å². The van der Waals surface area contributed by atoms with E-state index in [-0.39, 0.29) is 27.2 Å². The highest BCUT2D eigenvalue weighted by Gasteiger charge is 2.21. The molecule has 0 aromatic heterocycles. The molecule has 8 aromatic carbocycles. The zero-order valence-electron chi connectivity index (χ0n) is 41.4. The summed E-state index contributed by atoms with van der Waals surface area (Å²) in [6.45, 7) is 10.6. The van der Waals surface area contributed by atoms with Gasteiger partial charge in [-0.2, -0.15) is 0 Å². The van der Waals surface area contributed by atoms with E-state index < -0.39 is 0 Å². The lowest BCUT2D eigenvalue weighted by atomic mass is 9.91. The molecule has 0 aliphatic carbocycles. The van der Waals surface area contributed by atoms with Crippen molar-refractivity contribution < 1.29 is 37.9 Å². The predicted molar refractivity (Wildman–Crippen MR) is 280 cm³/mol. The Kier molecular flexibility index (Phi) is 18.5. The van der Waals surface area contributed by atoms with Crippen molar-refractivity contribution in [2.75, 3.05) is 27.2 Å². The van der Waals surface area contributed by atoms with Gasteiger partial charge in [-0.1, -0.05) is 192 Å². The van der Waals surface area contributed by atoms with Gasteiger partial charge in [0.1, 0.15) is 23.0 Å². The Bertz CT molecular complexity index is 2690. The molecule has 0 aliphatic heterocycles. The molecule has 8 heteroatoms. The lowest BCUT2D eigenvalue weighted by Crippen LogP contribution is -2.11. The fraction of sp³-hybridized carbons (Fsp3) is 0.238. The molecule has 0 N–H and O–H groups in total. The summed E-state index contributed by atoms with van der Waals surface area (Å²) in [7, 11) is 0. The molecule has 0 saturated carbocycles. The van der Waals surface area contributed by atoms with Crippen LogP contribution in [0.15, 0.2) is 182 Å². The first-order valence-corrected chi connectivity index (χ1v) is 24.2. The van der Waals surface area contributed by atoms with Crippen molar-refractivity contribution in [1.82, 2.24) is 0 Å². The van der Waals surface area contributed by atoms with Crippen LogP contribution in [0.25, 0.3) is 0 Å². The van der Waals surface area contributed by atoms with Gasteiger partial charge in [0, 0.05) is 19.3 Å². The number of rotatable bonds is 26. The zero-order chi connectivity index (χ0) is 49.0. The molecule has 0 radical (unpaired) electrons. The van der Waals surface area contributed by atoms with Crippen LogP contribution in [0, 0.1) is 27.7 Å². The molecule has 0 heterocycles. The fourth-order valence-electron chi connectivity index (χ4n) is 8.69. The van der Waals surface area contributed by atoms with Crippen molar-refractivity contribution in [2.45, 2.75) is 73.4 Å². The highest BCUT2D eigenvalue weighted by molar-refractivity contribution is 5.55. The minimum atomic E-state index is 0.0589. The molecular formula is C63H64O8. The molecule has 0 aliphatic rings. The predicted octanol–water partition coefficient (Wildman–Crippen LogP) is 13.9. The maximum absolute atomic E-state index is 6.77. The minimum Gasteiger partial charge on any atom is -0.467 e. The third-order valence-corrected chi connectivity index (χ3v) is 12.0. The number of hydrogen-bond acceptors (Lipinski definition) is 8. The summed E-state index contributed by atoms with van der Waals surface area (Å²) in [6, 6.07) is 61.9. The second-order valence-corrected chi connectivity index (χ2v) is 18.0. The van der Waals surface area contributed by atoms with Crippen molar-refractivity contribution in [3.8, 4) is 23.0 Å². The molecule has 0 spiro atoms. The van der Waals surface area contributed by atoms with E-state index in [1.807, 2.05) is 109 Å². The highest BCUT2D eigenvalue weighted by Crippen LogP contribution is 2.38. The van der Waals surface area contributed by atoms with Gasteiger partial charge in [0.15, 0.2) is 27.2 Å². The third-order valence-electron chi connectivity index (χ3n) is 12.0. The lowest BCUT2D eigenvalue weighted by molar-refractivity contribution is 0.00349. The van der Waals surface area contributed by atoms with Gasteiger partial charge in [-0.25, -0.2) is 0 Å². The second kappa shape index (κ2) is 26.1. The fourth-order valence-corrected chi connectivity index (χ4v) is 8.69. The van der Waals surface area contributed by atoms with Crippen LogP contribution < -0.4 is 18.9 Å². The first kappa shape index (κ1) is 50.2. The molecule has 8 aromatic rings. The van der Waals surface area contributed by atoms with Gasteiger partial charge in [-0.15, -0.1) is 0 Å². The second-order valence-electron chi connectivity index (χ2n) is 18.0. The normalized spacial score (nSPS) is 11.1. The first-order chi connectivity index (χ1) is 34.8. The summed E-state index contributed by atoms with van der Waals surface area (Å²) in [5.74, 6) is 3.04. The van der Waals surface area contributed by atoms with Crippen LogP contribution in [0.2, 0.25) is 0 Å².